The largest absolute Gasteiger partial charge is 0.313 e. The lowest BCUT2D eigenvalue weighted by Gasteiger charge is -2.38. The molecule has 3 heteroatoms. The van der Waals surface area contributed by atoms with Crippen LogP contribution in [0.25, 0.3) is 0 Å². The number of fused-ring (bicyclic) bond motifs is 1. The number of Topliss-reactive ketones (excluding diaryl/α,β-unsaturated/α-hetero) is 1. The summed E-state index contributed by atoms with van der Waals surface area (Å²) in [5, 5.41) is 0. The number of aliphatic imine (C=N–C) groups is 1. The summed E-state index contributed by atoms with van der Waals surface area (Å²) in [6, 6.07) is 11.2. The molecule has 0 amide bonds. The monoisotopic (exact) mass is 311 g/mol. The molecule has 0 aromatic heterocycles. The van der Waals surface area contributed by atoms with Gasteiger partial charge in [0.05, 0.1) is 12.6 Å². The van der Waals surface area contributed by atoms with E-state index in [-0.39, 0.29) is 5.92 Å². The van der Waals surface area contributed by atoms with E-state index in [0.29, 0.717) is 18.1 Å². The number of quaternary nitrogens is 1. The highest BCUT2D eigenvalue weighted by Gasteiger charge is 2.40. The predicted octanol–water partition coefficient (Wildman–Crippen LogP) is 2.38. The van der Waals surface area contributed by atoms with Crippen LogP contribution >= 0.6 is 0 Å². The maximum absolute atomic E-state index is 12.7. The van der Waals surface area contributed by atoms with Crippen molar-refractivity contribution in [1.82, 2.24) is 0 Å². The average Bonchev–Trinajstić information content (AvgIpc) is 2.63. The van der Waals surface area contributed by atoms with Gasteiger partial charge in [-0.05, 0) is 43.6 Å². The molecule has 0 radical (unpaired) electrons. The van der Waals surface area contributed by atoms with Gasteiger partial charge in [-0.25, -0.2) is 4.99 Å². The fraction of sp³-hybridized carbons (Fsp3) is 0.600. The Morgan fingerprint density at radius 2 is 1.78 bits per heavy atom. The zero-order valence-corrected chi connectivity index (χ0v) is 13.8. The van der Waals surface area contributed by atoms with Crippen LogP contribution in [-0.2, 0) is 4.79 Å². The Morgan fingerprint density at radius 1 is 1.00 bits per heavy atom. The molecule has 1 heterocycles. The molecule has 1 aromatic carbocycles. The molecule has 1 aliphatic heterocycles. The molecule has 3 atom stereocenters. The number of carbonyl (C=O) groups is 1. The van der Waals surface area contributed by atoms with E-state index in [1.807, 2.05) is 6.07 Å². The number of benzene rings is 1. The number of nitrogens with one attached hydrogen (secondary N) is 1. The second-order valence-corrected chi connectivity index (χ2v) is 7.54. The van der Waals surface area contributed by atoms with Gasteiger partial charge in [-0.15, -0.1) is 0 Å². The molecule has 0 spiro atoms. The van der Waals surface area contributed by atoms with Crippen molar-refractivity contribution in [2.75, 3.05) is 13.2 Å². The van der Waals surface area contributed by atoms with Gasteiger partial charge < -0.3 is 4.90 Å². The summed E-state index contributed by atoms with van der Waals surface area (Å²) in [5.41, 5.74) is 2.48. The third kappa shape index (κ3) is 3.12. The van der Waals surface area contributed by atoms with E-state index in [0.717, 1.165) is 25.7 Å². The van der Waals surface area contributed by atoms with E-state index in [1.165, 1.54) is 43.4 Å². The fourth-order valence-electron chi connectivity index (χ4n) is 4.74. The smallest absolute Gasteiger partial charge is 0.171 e. The lowest BCUT2D eigenvalue weighted by Crippen LogP contribution is -3.17. The summed E-state index contributed by atoms with van der Waals surface area (Å²) < 4.78 is 0. The zero-order chi connectivity index (χ0) is 15.6. The number of carbonyl (C=O) groups excluding carboxylic acids is 1. The number of rotatable bonds is 2. The first-order chi connectivity index (χ1) is 11.3. The standard InChI is InChI=1S/C20H26N2O/c23-20-12-16(15-7-3-1-4-8-15)11-19-18(20)13-22(14-21-19)17-9-5-2-6-10-17/h1,3-4,7-8,16-18H,2,5-6,9-14H2/p+1/t16-,18?/m0/s1. The highest BCUT2D eigenvalue weighted by atomic mass is 16.1. The maximum Gasteiger partial charge on any atom is 0.171 e. The van der Waals surface area contributed by atoms with Crippen molar-refractivity contribution in [1.29, 1.82) is 0 Å². The summed E-state index contributed by atoms with van der Waals surface area (Å²) in [5.74, 6) is 0.882. The molecular weight excluding hydrogens is 284 g/mol. The fourth-order valence-corrected chi connectivity index (χ4v) is 4.74. The Kier molecular flexibility index (Phi) is 4.30. The van der Waals surface area contributed by atoms with Gasteiger partial charge in [0, 0.05) is 12.1 Å². The van der Waals surface area contributed by atoms with E-state index < -0.39 is 0 Å². The van der Waals surface area contributed by atoms with Gasteiger partial charge in [0.15, 0.2) is 6.67 Å². The topological polar surface area (TPSA) is 33.9 Å². The lowest BCUT2D eigenvalue weighted by molar-refractivity contribution is -0.929. The highest BCUT2D eigenvalue weighted by molar-refractivity contribution is 6.08. The van der Waals surface area contributed by atoms with Crippen LogP contribution in [-0.4, -0.2) is 30.8 Å². The van der Waals surface area contributed by atoms with Crippen LogP contribution in [0.3, 0.4) is 0 Å². The Hall–Kier alpha value is -1.48. The molecule has 2 saturated carbocycles. The molecule has 0 bridgehead atoms. The maximum atomic E-state index is 12.7. The van der Waals surface area contributed by atoms with Crippen LogP contribution in [0, 0.1) is 5.92 Å². The first-order valence-electron chi connectivity index (χ1n) is 9.26. The molecule has 2 unspecified atom stereocenters. The van der Waals surface area contributed by atoms with Gasteiger partial charge in [0.2, 0.25) is 0 Å². The quantitative estimate of drug-likeness (QED) is 0.894. The number of hydrogen-bond donors (Lipinski definition) is 1. The van der Waals surface area contributed by atoms with Crippen molar-refractivity contribution in [3.8, 4) is 0 Å². The van der Waals surface area contributed by atoms with E-state index in [9.17, 15) is 4.79 Å². The number of ketones is 1. The third-order valence-corrected chi connectivity index (χ3v) is 6.10. The molecule has 1 N–H and O–H groups in total. The molecule has 1 aromatic rings. The Morgan fingerprint density at radius 3 is 2.57 bits per heavy atom. The number of nitrogens with zero attached hydrogens (tertiary/aromatic N) is 1. The minimum absolute atomic E-state index is 0.112. The summed E-state index contributed by atoms with van der Waals surface area (Å²) in [7, 11) is 0. The second-order valence-electron chi connectivity index (χ2n) is 7.54. The first kappa shape index (κ1) is 15.1. The molecule has 3 aliphatic rings. The van der Waals surface area contributed by atoms with E-state index in [1.54, 1.807) is 4.90 Å². The first-order valence-corrected chi connectivity index (χ1v) is 9.26. The van der Waals surface area contributed by atoms with Crippen molar-refractivity contribution in [2.24, 2.45) is 10.9 Å². The molecule has 122 valence electrons. The van der Waals surface area contributed by atoms with Crippen LogP contribution in [0.5, 0.6) is 0 Å². The SMILES string of the molecule is O=C1C[C@@H](c2ccccc2)CC2=NC[NH+](C3CCCCC3)CC12. The van der Waals surface area contributed by atoms with Gasteiger partial charge in [0.1, 0.15) is 11.7 Å². The van der Waals surface area contributed by atoms with Gasteiger partial charge in [-0.3, -0.25) is 4.79 Å². The number of hydrogen-bond acceptors (Lipinski definition) is 2. The molecule has 23 heavy (non-hydrogen) atoms. The van der Waals surface area contributed by atoms with Crippen molar-refractivity contribution in [3.63, 3.8) is 0 Å². The molecule has 2 fully saturated rings. The summed E-state index contributed by atoms with van der Waals surface area (Å²) in [6.07, 6.45) is 8.45. The van der Waals surface area contributed by atoms with E-state index in [2.05, 4.69) is 24.3 Å². The normalized spacial score (nSPS) is 32.3. The summed E-state index contributed by atoms with van der Waals surface area (Å²) in [4.78, 5) is 19.2. The van der Waals surface area contributed by atoms with Crippen LogP contribution < -0.4 is 4.90 Å². The minimum Gasteiger partial charge on any atom is -0.313 e. The van der Waals surface area contributed by atoms with Gasteiger partial charge in [-0.1, -0.05) is 36.8 Å². The van der Waals surface area contributed by atoms with Crippen molar-refractivity contribution in [3.05, 3.63) is 35.9 Å². The van der Waals surface area contributed by atoms with Crippen LogP contribution in [0.1, 0.15) is 56.4 Å². The van der Waals surface area contributed by atoms with Gasteiger partial charge >= 0.3 is 0 Å². The van der Waals surface area contributed by atoms with Crippen LogP contribution in [0.15, 0.2) is 35.3 Å². The molecule has 4 rings (SSSR count). The highest BCUT2D eigenvalue weighted by Crippen LogP contribution is 2.32. The minimum atomic E-state index is 0.112. The van der Waals surface area contributed by atoms with Crippen LogP contribution in [0.2, 0.25) is 0 Å². The third-order valence-electron chi connectivity index (χ3n) is 6.10. The van der Waals surface area contributed by atoms with Gasteiger partial charge in [0.25, 0.3) is 0 Å². The average molecular weight is 311 g/mol. The Labute approximate surface area is 138 Å². The summed E-state index contributed by atoms with van der Waals surface area (Å²) in [6.45, 7) is 1.90. The Bertz CT molecular complexity index is 589. The molecule has 3 nitrogen and oxygen atoms in total. The molecule has 2 aliphatic carbocycles. The van der Waals surface area contributed by atoms with Gasteiger partial charge in [-0.2, -0.15) is 0 Å². The van der Waals surface area contributed by atoms with Crippen molar-refractivity contribution >= 4 is 11.5 Å². The van der Waals surface area contributed by atoms with E-state index in [4.69, 9.17) is 4.99 Å². The van der Waals surface area contributed by atoms with Crippen molar-refractivity contribution < 1.29 is 9.69 Å². The van der Waals surface area contributed by atoms with Crippen molar-refractivity contribution in [2.45, 2.75) is 56.9 Å². The predicted molar refractivity (Wildman–Crippen MR) is 91.9 cm³/mol. The van der Waals surface area contributed by atoms with E-state index >= 15 is 0 Å². The molecule has 0 saturated heterocycles. The second kappa shape index (κ2) is 6.56. The Balaban J connectivity index is 1.49. The zero-order valence-electron chi connectivity index (χ0n) is 13.8. The molecular formula is C20H27N2O+. The lowest BCUT2D eigenvalue weighted by atomic mass is 9.75. The van der Waals surface area contributed by atoms with Crippen LogP contribution in [0.4, 0.5) is 0 Å². The summed E-state index contributed by atoms with van der Waals surface area (Å²) >= 11 is 0.